The van der Waals surface area contributed by atoms with Crippen LogP contribution < -0.4 is 0 Å². The second kappa shape index (κ2) is 6.01. The molecule has 2 atom stereocenters. The lowest BCUT2D eigenvalue weighted by Crippen LogP contribution is -2.30. The van der Waals surface area contributed by atoms with E-state index in [1.807, 2.05) is 0 Å². The largest absolute Gasteiger partial charge is 0.377 e. The van der Waals surface area contributed by atoms with Crippen molar-refractivity contribution in [2.45, 2.75) is 59.2 Å². The van der Waals surface area contributed by atoms with Gasteiger partial charge in [-0.05, 0) is 18.3 Å². The number of hydrogen-bond acceptors (Lipinski definition) is 5. The minimum atomic E-state index is 0.0840. The highest BCUT2D eigenvalue weighted by molar-refractivity contribution is 5.04. The van der Waals surface area contributed by atoms with Crippen molar-refractivity contribution in [1.29, 1.82) is 0 Å². The number of nitrogens with zero attached hydrogens (tertiary/aromatic N) is 2. The molecule has 0 N–H and O–H groups in total. The second-order valence-corrected chi connectivity index (χ2v) is 6.15. The minimum Gasteiger partial charge on any atom is -0.377 e. The molecule has 0 unspecified atom stereocenters. The van der Waals surface area contributed by atoms with E-state index in [0.717, 1.165) is 31.9 Å². The van der Waals surface area contributed by atoms with Crippen LogP contribution in [0.15, 0.2) is 4.52 Å². The molecule has 1 aliphatic rings. The summed E-state index contributed by atoms with van der Waals surface area (Å²) >= 11 is 0. The van der Waals surface area contributed by atoms with Crippen molar-refractivity contribution >= 4 is 0 Å². The van der Waals surface area contributed by atoms with Gasteiger partial charge < -0.3 is 14.0 Å². The molecule has 1 fully saturated rings. The van der Waals surface area contributed by atoms with Gasteiger partial charge in [0, 0.05) is 13.2 Å². The molecule has 0 aromatic carbocycles. The van der Waals surface area contributed by atoms with Crippen molar-refractivity contribution in [3.63, 3.8) is 0 Å². The molecule has 1 saturated heterocycles. The van der Waals surface area contributed by atoms with Gasteiger partial charge >= 0.3 is 0 Å². The maximum atomic E-state index is 5.84. The van der Waals surface area contributed by atoms with Crippen molar-refractivity contribution in [2.24, 2.45) is 5.41 Å². The Morgan fingerprint density at radius 1 is 1.37 bits per heavy atom. The molecule has 0 spiro atoms. The zero-order valence-corrected chi connectivity index (χ0v) is 12.3. The van der Waals surface area contributed by atoms with Crippen LogP contribution in [0.3, 0.4) is 0 Å². The lowest BCUT2D eigenvalue weighted by atomic mass is 9.81. The van der Waals surface area contributed by atoms with E-state index in [4.69, 9.17) is 14.0 Å². The second-order valence-electron chi connectivity index (χ2n) is 6.15. The van der Waals surface area contributed by atoms with E-state index >= 15 is 0 Å². The Morgan fingerprint density at radius 2 is 2.16 bits per heavy atom. The number of hydrogen-bond donors (Lipinski definition) is 0. The van der Waals surface area contributed by atoms with Gasteiger partial charge in [0.1, 0.15) is 6.61 Å². The first-order valence-corrected chi connectivity index (χ1v) is 7.04. The summed E-state index contributed by atoms with van der Waals surface area (Å²) in [4.78, 5) is 4.45. The number of rotatable bonds is 5. The van der Waals surface area contributed by atoms with Crippen molar-refractivity contribution in [3.8, 4) is 0 Å². The molecular formula is C14H24N2O3. The van der Waals surface area contributed by atoms with Crippen LogP contribution in [-0.4, -0.2) is 29.5 Å². The predicted molar refractivity (Wildman–Crippen MR) is 70.8 cm³/mol. The summed E-state index contributed by atoms with van der Waals surface area (Å²) < 4.78 is 16.5. The molecular weight excluding hydrogens is 244 g/mol. The molecule has 2 heterocycles. The fourth-order valence-electron chi connectivity index (χ4n) is 2.49. The maximum Gasteiger partial charge on any atom is 0.252 e. The lowest BCUT2D eigenvalue weighted by Gasteiger charge is -2.29. The number of ether oxygens (including phenoxy) is 2. The smallest absolute Gasteiger partial charge is 0.252 e. The third-order valence-electron chi connectivity index (χ3n) is 3.33. The van der Waals surface area contributed by atoms with Gasteiger partial charge in [0.2, 0.25) is 0 Å². The van der Waals surface area contributed by atoms with Gasteiger partial charge in [-0.1, -0.05) is 32.9 Å². The fraction of sp³-hybridized carbons (Fsp3) is 0.857. The standard InChI is InChI=1S/C14H24N2O3/c1-5-7-17-9-11-15-13(16-19-11)10-6-8-18-12(10)14(2,3)4/h10,12H,5-9H2,1-4H3/t10-,12-/m0/s1. The molecule has 2 rings (SSSR count). The quantitative estimate of drug-likeness (QED) is 0.768. The van der Waals surface area contributed by atoms with Crippen molar-refractivity contribution in [2.75, 3.05) is 13.2 Å². The van der Waals surface area contributed by atoms with Gasteiger partial charge in [-0.3, -0.25) is 0 Å². The average molecular weight is 268 g/mol. The molecule has 1 aromatic rings. The van der Waals surface area contributed by atoms with E-state index < -0.39 is 0 Å². The SMILES string of the molecule is CCCOCc1nc([C@H]2CCO[C@@H]2C(C)(C)C)no1. The molecule has 1 aliphatic heterocycles. The van der Waals surface area contributed by atoms with Crippen LogP contribution in [0.25, 0.3) is 0 Å². The third kappa shape index (κ3) is 3.54. The van der Waals surface area contributed by atoms with E-state index in [9.17, 15) is 0 Å². The van der Waals surface area contributed by atoms with Crippen LogP contribution in [0, 0.1) is 5.41 Å². The molecule has 0 amide bonds. The molecule has 108 valence electrons. The monoisotopic (exact) mass is 268 g/mol. The summed E-state index contributed by atoms with van der Waals surface area (Å²) in [6.07, 6.45) is 2.09. The molecule has 5 nitrogen and oxygen atoms in total. The zero-order valence-electron chi connectivity index (χ0n) is 12.3. The Morgan fingerprint density at radius 3 is 2.84 bits per heavy atom. The van der Waals surface area contributed by atoms with Gasteiger partial charge in [-0.15, -0.1) is 0 Å². The Kier molecular flexibility index (Phi) is 4.58. The topological polar surface area (TPSA) is 57.4 Å². The zero-order chi connectivity index (χ0) is 13.9. The minimum absolute atomic E-state index is 0.0840. The summed E-state index contributed by atoms with van der Waals surface area (Å²) in [6.45, 7) is 10.5. The molecule has 0 aliphatic carbocycles. The van der Waals surface area contributed by atoms with Crippen LogP contribution in [0.2, 0.25) is 0 Å². The van der Waals surface area contributed by atoms with E-state index in [0.29, 0.717) is 12.5 Å². The van der Waals surface area contributed by atoms with E-state index in [1.165, 1.54) is 0 Å². The van der Waals surface area contributed by atoms with Crippen molar-refractivity contribution < 1.29 is 14.0 Å². The Bertz CT molecular complexity index is 398. The van der Waals surface area contributed by atoms with E-state index in [1.54, 1.807) is 0 Å². The first-order valence-electron chi connectivity index (χ1n) is 7.04. The summed E-state index contributed by atoms with van der Waals surface area (Å²) in [6, 6.07) is 0. The molecule has 5 heteroatoms. The van der Waals surface area contributed by atoms with Gasteiger partial charge in [0.25, 0.3) is 5.89 Å². The summed E-state index contributed by atoms with van der Waals surface area (Å²) in [5, 5.41) is 4.09. The average Bonchev–Trinajstić information content (AvgIpc) is 2.96. The number of aromatic nitrogens is 2. The van der Waals surface area contributed by atoms with Gasteiger partial charge in [0.05, 0.1) is 12.0 Å². The van der Waals surface area contributed by atoms with E-state index in [2.05, 4.69) is 37.8 Å². The maximum absolute atomic E-state index is 5.84. The normalized spacial score (nSPS) is 24.0. The van der Waals surface area contributed by atoms with E-state index in [-0.39, 0.29) is 17.4 Å². The van der Waals surface area contributed by atoms with Crippen LogP contribution in [-0.2, 0) is 16.1 Å². The predicted octanol–water partition coefficient (Wildman–Crippen LogP) is 2.91. The first-order chi connectivity index (χ1) is 9.02. The highest BCUT2D eigenvalue weighted by Gasteiger charge is 2.40. The van der Waals surface area contributed by atoms with Gasteiger partial charge in [-0.25, -0.2) is 0 Å². The van der Waals surface area contributed by atoms with Crippen molar-refractivity contribution in [1.82, 2.24) is 10.1 Å². The first kappa shape index (κ1) is 14.5. The Labute approximate surface area is 114 Å². The molecule has 19 heavy (non-hydrogen) atoms. The van der Waals surface area contributed by atoms with Crippen LogP contribution in [0.1, 0.15) is 58.2 Å². The van der Waals surface area contributed by atoms with Gasteiger partial charge in [0.15, 0.2) is 5.82 Å². The molecule has 0 saturated carbocycles. The van der Waals surface area contributed by atoms with Crippen LogP contribution in [0.5, 0.6) is 0 Å². The third-order valence-corrected chi connectivity index (χ3v) is 3.33. The Balaban J connectivity index is 2.01. The fourth-order valence-corrected chi connectivity index (χ4v) is 2.49. The van der Waals surface area contributed by atoms with Crippen LogP contribution >= 0.6 is 0 Å². The Hall–Kier alpha value is -0.940. The summed E-state index contributed by atoms with van der Waals surface area (Å²) in [7, 11) is 0. The highest BCUT2D eigenvalue weighted by atomic mass is 16.5. The molecule has 0 bridgehead atoms. The van der Waals surface area contributed by atoms with Crippen LogP contribution in [0.4, 0.5) is 0 Å². The van der Waals surface area contributed by atoms with Gasteiger partial charge in [-0.2, -0.15) is 4.98 Å². The van der Waals surface area contributed by atoms with Crippen molar-refractivity contribution in [3.05, 3.63) is 11.7 Å². The summed E-state index contributed by atoms with van der Waals surface area (Å²) in [5.74, 6) is 1.54. The highest BCUT2D eigenvalue weighted by Crippen LogP contribution is 2.39. The molecule has 1 aromatic heterocycles. The molecule has 0 radical (unpaired) electrons. The lowest BCUT2D eigenvalue weighted by molar-refractivity contribution is 0.0193. The summed E-state index contributed by atoms with van der Waals surface area (Å²) in [5.41, 5.74) is 0.0840.